The second-order valence-electron chi connectivity index (χ2n) is 5.63. The number of amides is 2. The molecule has 0 aliphatic carbocycles. The van der Waals surface area contributed by atoms with Crippen molar-refractivity contribution < 1.29 is 14.3 Å². The molecule has 1 aromatic carbocycles. The SMILES string of the molecule is CCOCCc1nnc(NC(=O)c2cccc(NC(=O)C(C)C)c2)s1. The zero-order valence-electron chi connectivity index (χ0n) is 14.5. The fourth-order valence-corrected chi connectivity index (χ4v) is 2.62. The molecule has 25 heavy (non-hydrogen) atoms. The molecular formula is C17H22N4O3S. The summed E-state index contributed by atoms with van der Waals surface area (Å²) in [6.07, 6.45) is 0.665. The van der Waals surface area contributed by atoms with E-state index in [1.165, 1.54) is 11.3 Å². The molecule has 0 fully saturated rings. The zero-order valence-corrected chi connectivity index (χ0v) is 15.4. The molecule has 2 N–H and O–H groups in total. The molecule has 134 valence electrons. The minimum absolute atomic E-state index is 0.0966. The van der Waals surface area contributed by atoms with E-state index in [2.05, 4.69) is 20.8 Å². The van der Waals surface area contributed by atoms with Gasteiger partial charge in [0, 0.05) is 30.2 Å². The van der Waals surface area contributed by atoms with Crippen LogP contribution in [0.25, 0.3) is 0 Å². The highest BCUT2D eigenvalue weighted by molar-refractivity contribution is 7.15. The Bertz CT molecular complexity index is 730. The summed E-state index contributed by atoms with van der Waals surface area (Å²) in [6, 6.07) is 6.77. The van der Waals surface area contributed by atoms with Gasteiger partial charge in [-0.05, 0) is 25.1 Å². The quantitative estimate of drug-likeness (QED) is 0.704. The number of nitrogens with one attached hydrogen (secondary N) is 2. The van der Waals surface area contributed by atoms with Crippen LogP contribution < -0.4 is 10.6 Å². The van der Waals surface area contributed by atoms with Crippen LogP contribution in [0.4, 0.5) is 10.8 Å². The maximum Gasteiger partial charge on any atom is 0.257 e. The van der Waals surface area contributed by atoms with Crippen LogP contribution in [0.2, 0.25) is 0 Å². The molecule has 0 radical (unpaired) electrons. The minimum Gasteiger partial charge on any atom is -0.381 e. The largest absolute Gasteiger partial charge is 0.381 e. The van der Waals surface area contributed by atoms with Crippen LogP contribution >= 0.6 is 11.3 Å². The smallest absolute Gasteiger partial charge is 0.257 e. The minimum atomic E-state index is -0.298. The van der Waals surface area contributed by atoms with Crippen molar-refractivity contribution in [1.29, 1.82) is 0 Å². The molecule has 7 nitrogen and oxygen atoms in total. The summed E-state index contributed by atoms with van der Waals surface area (Å²) >= 11 is 1.32. The third kappa shape index (κ3) is 5.91. The Labute approximate surface area is 150 Å². The number of hydrogen-bond acceptors (Lipinski definition) is 6. The first-order valence-corrected chi connectivity index (χ1v) is 8.93. The molecule has 0 bridgehead atoms. The van der Waals surface area contributed by atoms with Crippen LogP contribution in [0.1, 0.15) is 36.1 Å². The highest BCUT2D eigenvalue weighted by Gasteiger charge is 2.12. The molecule has 0 aliphatic rings. The average Bonchev–Trinajstić information content (AvgIpc) is 3.02. The Kier molecular flexibility index (Phi) is 7.03. The Morgan fingerprint density at radius 1 is 1.24 bits per heavy atom. The van der Waals surface area contributed by atoms with Gasteiger partial charge < -0.3 is 10.1 Å². The Morgan fingerprint density at radius 3 is 2.76 bits per heavy atom. The average molecular weight is 362 g/mol. The van der Waals surface area contributed by atoms with E-state index >= 15 is 0 Å². The van der Waals surface area contributed by atoms with E-state index in [1.807, 2.05) is 20.8 Å². The fraction of sp³-hybridized carbons (Fsp3) is 0.412. The zero-order chi connectivity index (χ0) is 18.2. The van der Waals surface area contributed by atoms with Gasteiger partial charge in [-0.3, -0.25) is 14.9 Å². The molecule has 0 spiro atoms. The number of benzene rings is 1. The van der Waals surface area contributed by atoms with Gasteiger partial charge in [0.15, 0.2) is 0 Å². The third-order valence-electron chi connectivity index (χ3n) is 3.27. The molecule has 2 aromatic rings. The van der Waals surface area contributed by atoms with Crippen LogP contribution in [-0.4, -0.2) is 35.2 Å². The van der Waals surface area contributed by atoms with Gasteiger partial charge in [0.05, 0.1) is 6.61 Å². The lowest BCUT2D eigenvalue weighted by atomic mass is 10.1. The first kappa shape index (κ1) is 19.0. The lowest BCUT2D eigenvalue weighted by molar-refractivity contribution is -0.118. The molecule has 1 heterocycles. The number of aromatic nitrogens is 2. The van der Waals surface area contributed by atoms with Crippen molar-refractivity contribution in [2.24, 2.45) is 5.92 Å². The van der Waals surface area contributed by atoms with E-state index < -0.39 is 0 Å². The Hall–Kier alpha value is -2.32. The summed E-state index contributed by atoms with van der Waals surface area (Å²) in [5.74, 6) is -0.525. The van der Waals surface area contributed by atoms with Crippen LogP contribution in [-0.2, 0) is 16.0 Å². The van der Waals surface area contributed by atoms with E-state index in [9.17, 15) is 9.59 Å². The number of hydrogen-bond donors (Lipinski definition) is 2. The molecule has 0 atom stereocenters. The summed E-state index contributed by atoms with van der Waals surface area (Å²) in [6.45, 7) is 6.79. The second-order valence-corrected chi connectivity index (χ2v) is 6.69. The van der Waals surface area contributed by atoms with Gasteiger partial charge in [0.1, 0.15) is 5.01 Å². The van der Waals surface area contributed by atoms with Crippen molar-refractivity contribution in [3.8, 4) is 0 Å². The number of carbonyl (C=O) groups excluding carboxylic acids is 2. The van der Waals surface area contributed by atoms with Crippen molar-refractivity contribution in [2.75, 3.05) is 23.8 Å². The van der Waals surface area contributed by atoms with Crippen LogP contribution in [0, 0.1) is 5.92 Å². The number of ether oxygens (including phenoxy) is 1. The monoisotopic (exact) mass is 362 g/mol. The maximum atomic E-state index is 12.3. The summed E-state index contributed by atoms with van der Waals surface area (Å²) in [4.78, 5) is 24.1. The van der Waals surface area contributed by atoms with E-state index in [1.54, 1.807) is 24.3 Å². The van der Waals surface area contributed by atoms with Gasteiger partial charge in [-0.25, -0.2) is 0 Å². The maximum absolute atomic E-state index is 12.3. The van der Waals surface area contributed by atoms with Gasteiger partial charge >= 0.3 is 0 Å². The van der Waals surface area contributed by atoms with Crippen LogP contribution in [0.5, 0.6) is 0 Å². The molecular weight excluding hydrogens is 340 g/mol. The predicted octanol–water partition coefficient (Wildman–Crippen LogP) is 2.96. The molecule has 0 saturated heterocycles. The van der Waals surface area contributed by atoms with E-state index in [0.717, 1.165) is 5.01 Å². The summed E-state index contributed by atoms with van der Waals surface area (Å²) < 4.78 is 5.28. The highest BCUT2D eigenvalue weighted by atomic mass is 32.1. The van der Waals surface area contributed by atoms with E-state index in [0.29, 0.717) is 36.0 Å². The van der Waals surface area contributed by atoms with Crippen LogP contribution in [0.15, 0.2) is 24.3 Å². The predicted molar refractivity (Wildman–Crippen MR) is 98.0 cm³/mol. The van der Waals surface area contributed by atoms with Crippen molar-refractivity contribution in [3.63, 3.8) is 0 Å². The molecule has 1 aromatic heterocycles. The van der Waals surface area contributed by atoms with Gasteiger partial charge in [-0.2, -0.15) is 0 Å². The summed E-state index contributed by atoms with van der Waals surface area (Å²) in [7, 11) is 0. The van der Waals surface area contributed by atoms with E-state index in [-0.39, 0.29) is 17.7 Å². The molecule has 8 heteroatoms. The molecule has 0 unspecified atom stereocenters. The van der Waals surface area contributed by atoms with Crippen molar-refractivity contribution in [3.05, 3.63) is 34.8 Å². The van der Waals surface area contributed by atoms with Crippen molar-refractivity contribution in [1.82, 2.24) is 10.2 Å². The Morgan fingerprint density at radius 2 is 2.04 bits per heavy atom. The van der Waals surface area contributed by atoms with Gasteiger partial charge in [-0.1, -0.05) is 31.3 Å². The highest BCUT2D eigenvalue weighted by Crippen LogP contribution is 2.18. The normalized spacial score (nSPS) is 10.7. The topological polar surface area (TPSA) is 93.2 Å². The summed E-state index contributed by atoms with van der Waals surface area (Å²) in [5.41, 5.74) is 1.02. The fourth-order valence-electron chi connectivity index (χ4n) is 1.90. The third-order valence-corrected chi connectivity index (χ3v) is 4.17. The van der Waals surface area contributed by atoms with Crippen LogP contribution in [0.3, 0.4) is 0 Å². The summed E-state index contributed by atoms with van der Waals surface area (Å²) in [5, 5.41) is 14.7. The van der Waals surface area contributed by atoms with Gasteiger partial charge in [0.2, 0.25) is 11.0 Å². The first-order valence-electron chi connectivity index (χ1n) is 8.12. The molecule has 2 rings (SSSR count). The lowest BCUT2D eigenvalue weighted by Crippen LogP contribution is -2.18. The number of anilines is 2. The standard InChI is InChI=1S/C17H22N4O3S/c1-4-24-9-8-14-20-21-17(25-14)19-16(23)12-6-5-7-13(10-12)18-15(22)11(2)3/h5-7,10-11H,4,8-9H2,1-3H3,(H,18,22)(H,19,21,23). The second kappa shape index (κ2) is 9.24. The number of carbonyl (C=O) groups is 2. The molecule has 0 aliphatic heterocycles. The number of nitrogens with zero attached hydrogens (tertiary/aromatic N) is 2. The molecule has 2 amide bonds. The van der Waals surface area contributed by atoms with E-state index in [4.69, 9.17) is 4.74 Å². The number of rotatable bonds is 8. The molecule has 0 saturated carbocycles. The lowest BCUT2D eigenvalue weighted by Gasteiger charge is -2.09. The van der Waals surface area contributed by atoms with Crippen molar-refractivity contribution in [2.45, 2.75) is 27.2 Å². The first-order chi connectivity index (χ1) is 12.0. The van der Waals surface area contributed by atoms with Gasteiger partial charge in [0.25, 0.3) is 5.91 Å². The van der Waals surface area contributed by atoms with Gasteiger partial charge in [-0.15, -0.1) is 10.2 Å². The van der Waals surface area contributed by atoms with Crippen molar-refractivity contribution >= 4 is 34.0 Å². The Balaban J connectivity index is 1.97.